The van der Waals surface area contributed by atoms with E-state index in [-0.39, 0.29) is 18.2 Å². The first kappa shape index (κ1) is 17.5. The molecule has 6 nitrogen and oxygen atoms in total. The summed E-state index contributed by atoms with van der Waals surface area (Å²) in [6, 6.07) is 5.66. The number of aromatic nitrogens is 2. The summed E-state index contributed by atoms with van der Waals surface area (Å²) in [7, 11) is -3.15. The van der Waals surface area contributed by atoms with Gasteiger partial charge >= 0.3 is 0 Å². The molecule has 2 aromatic heterocycles. The number of carbonyl (C=O) groups is 1. The van der Waals surface area contributed by atoms with Crippen LogP contribution in [0, 0.1) is 6.92 Å². The van der Waals surface area contributed by atoms with Crippen LogP contribution in [0.15, 0.2) is 24.4 Å². The Morgan fingerprint density at radius 2 is 1.96 bits per heavy atom. The first-order valence-corrected chi connectivity index (χ1v) is 9.49. The molecule has 1 amide bonds. The van der Waals surface area contributed by atoms with Crippen LogP contribution in [0.25, 0.3) is 5.65 Å². The summed E-state index contributed by atoms with van der Waals surface area (Å²) in [6.45, 7) is 7.73. The Labute approximate surface area is 137 Å². The Kier molecular flexibility index (Phi) is 4.52. The van der Waals surface area contributed by atoms with E-state index in [9.17, 15) is 13.2 Å². The fourth-order valence-electron chi connectivity index (χ4n) is 2.39. The number of nitrogens with zero attached hydrogens (tertiary/aromatic N) is 3. The molecule has 0 spiro atoms. The Balaban J connectivity index is 2.37. The number of hydrogen-bond donors (Lipinski definition) is 0. The van der Waals surface area contributed by atoms with Crippen molar-refractivity contribution in [1.29, 1.82) is 0 Å². The molecule has 2 heterocycles. The van der Waals surface area contributed by atoms with Crippen LogP contribution in [0.1, 0.15) is 37.0 Å². The van der Waals surface area contributed by atoms with Gasteiger partial charge in [-0.2, -0.15) is 0 Å². The van der Waals surface area contributed by atoms with Gasteiger partial charge in [0.2, 0.25) is 0 Å². The summed E-state index contributed by atoms with van der Waals surface area (Å²) in [5.41, 5.74) is 1.51. The Hall–Kier alpha value is -1.89. The van der Waals surface area contributed by atoms with Gasteiger partial charge < -0.3 is 9.30 Å². The van der Waals surface area contributed by atoms with Gasteiger partial charge in [-0.25, -0.2) is 13.4 Å². The summed E-state index contributed by atoms with van der Waals surface area (Å²) in [4.78, 5) is 18.8. The molecule has 0 fully saturated rings. The maximum atomic E-state index is 12.8. The highest BCUT2D eigenvalue weighted by atomic mass is 32.2. The van der Waals surface area contributed by atoms with Crippen molar-refractivity contribution >= 4 is 21.4 Å². The average Bonchev–Trinajstić information content (AvgIpc) is 2.81. The monoisotopic (exact) mass is 337 g/mol. The van der Waals surface area contributed by atoms with Crippen molar-refractivity contribution in [3.8, 4) is 0 Å². The molecule has 0 aliphatic heterocycles. The molecule has 0 aliphatic rings. The Morgan fingerprint density at radius 3 is 2.48 bits per heavy atom. The van der Waals surface area contributed by atoms with Crippen molar-refractivity contribution in [2.75, 3.05) is 18.6 Å². The number of pyridine rings is 1. The normalized spacial score (nSPS) is 12.6. The molecule has 0 bridgehead atoms. The SMILES string of the molecule is Cc1cccc2nc(C(=O)N(CCS(C)(=O)=O)C(C)(C)C)cn12. The second-order valence-corrected chi connectivity index (χ2v) is 9.04. The largest absolute Gasteiger partial charge is 0.331 e. The van der Waals surface area contributed by atoms with Crippen LogP contribution < -0.4 is 0 Å². The van der Waals surface area contributed by atoms with E-state index in [2.05, 4.69) is 4.98 Å². The maximum Gasteiger partial charge on any atom is 0.274 e. The lowest BCUT2D eigenvalue weighted by Crippen LogP contribution is -2.47. The van der Waals surface area contributed by atoms with Crippen molar-refractivity contribution < 1.29 is 13.2 Å². The van der Waals surface area contributed by atoms with Crippen molar-refractivity contribution in [1.82, 2.24) is 14.3 Å². The Morgan fingerprint density at radius 1 is 1.30 bits per heavy atom. The van der Waals surface area contributed by atoms with Gasteiger partial charge in [-0.05, 0) is 39.8 Å². The summed E-state index contributed by atoms with van der Waals surface area (Å²) < 4.78 is 24.8. The minimum absolute atomic E-state index is 0.0671. The fraction of sp³-hybridized carbons (Fsp3) is 0.500. The number of hydrogen-bond acceptors (Lipinski definition) is 4. The van der Waals surface area contributed by atoms with Gasteiger partial charge in [0, 0.05) is 30.2 Å². The van der Waals surface area contributed by atoms with Crippen LogP contribution in [0.4, 0.5) is 0 Å². The van der Waals surface area contributed by atoms with E-state index < -0.39 is 15.4 Å². The molecule has 23 heavy (non-hydrogen) atoms. The van der Waals surface area contributed by atoms with Crippen LogP contribution in [-0.4, -0.2) is 52.7 Å². The van der Waals surface area contributed by atoms with E-state index in [0.29, 0.717) is 11.3 Å². The zero-order valence-corrected chi connectivity index (χ0v) is 15.0. The van der Waals surface area contributed by atoms with Gasteiger partial charge in [0.1, 0.15) is 21.2 Å². The molecular weight excluding hydrogens is 314 g/mol. The van der Waals surface area contributed by atoms with Gasteiger partial charge in [-0.15, -0.1) is 0 Å². The fourth-order valence-corrected chi connectivity index (χ4v) is 2.90. The number of rotatable bonds is 4. The topological polar surface area (TPSA) is 71.8 Å². The zero-order valence-electron chi connectivity index (χ0n) is 14.2. The number of aryl methyl sites for hydroxylation is 1. The number of sulfone groups is 1. The van der Waals surface area contributed by atoms with E-state index in [1.165, 1.54) is 6.26 Å². The highest BCUT2D eigenvalue weighted by molar-refractivity contribution is 7.90. The van der Waals surface area contributed by atoms with Crippen LogP contribution in [0.2, 0.25) is 0 Å². The minimum atomic E-state index is -3.15. The summed E-state index contributed by atoms with van der Waals surface area (Å²) in [5.74, 6) is -0.327. The molecule has 0 saturated carbocycles. The van der Waals surface area contributed by atoms with Crippen molar-refractivity contribution in [2.45, 2.75) is 33.2 Å². The zero-order chi connectivity index (χ0) is 17.4. The second kappa shape index (κ2) is 5.96. The third-order valence-corrected chi connectivity index (χ3v) is 4.58. The smallest absolute Gasteiger partial charge is 0.274 e. The Bertz CT molecular complexity index is 832. The van der Waals surface area contributed by atoms with Crippen LogP contribution in [0.5, 0.6) is 0 Å². The molecule has 7 heteroatoms. The lowest BCUT2D eigenvalue weighted by atomic mass is 10.1. The molecule has 0 saturated heterocycles. The minimum Gasteiger partial charge on any atom is -0.331 e. The molecule has 2 rings (SSSR count). The molecular formula is C16H23N3O3S. The summed E-state index contributed by atoms with van der Waals surface area (Å²) in [5, 5.41) is 0. The van der Waals surface area contributed by atoms with Crippen LogP contribution in [-0.2, 0) is 9.84 Å². The lowest BCUT2D eigenvalue weighted by molar-refractivity contribution is 0.0595. The van der Waals surface area contributed by atoms with Crippen LogP contribution >= 0.6 is 0 Å². The highest BCUT2D eigenvalue weighted by Gasteiger charge is 2.29. The standard InChI is InChI=1S/C16H23N3O3S/c1-12-7-6-8-14-17-13(11-18(12)14)15(20)19(16(2,3)4)9-10-23(5,21)22/h6-8,11H,9-10H2,1-5H3. The molecule has 0 radical (unpaired) electrons. The van der Waals surface area contributed by atoms with Gasteiger partial charge in [0.25, 0.3) is 5.91 Å². The van der Waals surface area contributed by atoms with Gasteiger partial charge in [-0.3, -0.25) is 4.79 Å². The maximum absolute atomic E-state index is 12.8. The van der Waals surface area contributed by atoms with Crippen LogP contribution in [0.3, 0.4) is 0 Å². The van der Waals surface area contributed by atoms with E-state index in [4.69, 9.17) is 0 Å². The molecule has 2 aromatic rings. The first-order chi connectivity index (χ1) is 10.5. The molecule has 0 aromatic carbocycles. The third-order valence-electron chi connectivity index (χ3n) is 3.66. The van der Waals surface area contributed by atoms with Gasteiger partial charge in [-0.1, -0.05) is 6.07 Å². The molecule has 0 N–H and O–H groups in total. The van der Waals surface area contributed by atoms with Gasteiger partial charge in [0.15, 0.2) is 0 Å². The molecule has 0 atom stereocenters. The number of amides is 1. The summed E-state index contributed by atoms with van der Waals surface area (Å²) in [6.07, 6.45) is 2.87. The van der Waals surface area contributed by atoms with Gasteiger partial charge in [0.05, 0.1) is 5.75 Å². The number of fused-ring (bicyclic) bond motifs is 1. The lowest BCUT2D eigenvalue weighted by Gasteiger charge is -2.35. The summed E-state index contributed by atoms with van der Waals surface area (Å²) >= 11 is 0. The van der Waals surface area contributed by atoms with Crippen molar-refractivity contribution in [3.63, 3.8) is 0 Å². The third kappa shape index (κ3) is 4.10. The quantitative estimate of drug-likeness (QED) is 0.854. The molecule has 0 unspecified atom stereocenters. The highest BCUT2D eigenvalue weighted by Crippen LogP contribution is 2.18. The van der Waals surface area contributed by atoms with Crippen molar-refractivity contribution in [2.24, 2.45) is 0 Å². The van der Waals surface area contributed by atoms with Crippen molar-refractivity contribution in [3.05, 3.63) is 35.8 Å². The molecule has 0 aliphatic carbocycles. The molecule has 126 valence electrons. The van der Waals surface area contributed by atoms with E-state index >= 15 is 0 Å². The van der Waals surface area contributed by atoms with E-state index in [1.807, 2.05) is 50.3 Å². The van der Waals surface area contributed by atoms with E-state index in [1.54, 1.807) is 11.1 Å². The number of carbonyl (C=O) groups excluding carboxylic acids is 1. The average molecular weight is 337 g/mol. The predicted molar refractivity (Wildman–Crippen MR) is 90.4 cm³/mol. The number of imidazole rings is 1. The predicted octanol–water partition coefficient (Wildman–Crippen LogP) is 1.93. The second-order valence-electron chi connectivity index (χ2n) is 6.78. The van der Waals surface area contributed by atoms with E-state index in [0.717, 1.165) is 5.69 Å². The first-order valence-electron chi connectivity index (χ1n) is 7.43.